The van der Waals surface area contributed by atoms with Gasteiger partial charge in [0.2, 0.25) is 0 Å². The fourth-order valence-corrected chi connectivity index (χ4v) is 3.00. The molecule has 118 valence electrons. The Morgan fingerprint density at radius 1 is 1.33 bits per heavy atom. The summed E-state index contributed by atoms with van der Waals surface area (Å²) < 4.78 is 0. The highest BCUT2D eigenvalue weighted by Gasteiger charge is 2.21. The number of aryl methyl sites for hydroxylation is 1. The second-order valence-corrected chi connectivity index (χ2v) is 6.85. The molecule has 0 amide bonds. The third-order valence-corrected chi connectivity index (χ3v) is 4.52. The molecule has 1 unspecified atom stereocenters. The summed E-state index contributed by atoms with van der Waals surface area (Å²) in [5.41, 5.74) is 4.19. The number of benzene rings is 1. The maximum atomic E-state index is 3.50. The van der Waals surface area contributed by atoms with Gasteiger partial charge in [-0.1, -0.05) is 19.9 Å². The number of rotatable bonds is 5. The Morgan fingerprint density at radius 2 is 2.10 bits per heavy atom. The van der Waals surface area contributed by atoms with Gasteiger partial charge in [-0.2, -0.15) is 0 Å². The van der Waals surface area contributed by atoms with Gasteiger partial charge in [0.15, 0.2) is 0 Å². The first-order valence-electron chi connectivity index (χ1n) is 8.21. The van der Waals surface area contributed by atoms with Gasteiger partial charge in [-0.15, -0.1) is 0 Å². The lowest BCUT2D eigenvalue weighted by atomic mass is 10.0. The fourth-order valence-electron chi connectivity index (χ4n) is 3.00. The summed E-state index contributed by atoms with van der Waals surface area (Å²) in [6.45, 7) is 9.92. The summed E-state index contributed by atoms with van der Waals surface area (Å²) >= 11 is 0. The number of anilines is 1. The van der Waals surface area contributed by atoms with Gasteiger partial charge in [0.1, 0.15) is 0 Å². The molecule has 1 heterocycles. The van der Waals surface area contributed by atoms with Crippen LogP contribution in [0.3, 0.4) is 0 Å². The molecule has 1 aromatic rings. The van der Waals surface area contributed by atoms with Gasteiger partial charge in [0, 0.05) is 37.4 Å². The molecule has 1 aliphatic heterocycles. The number of nitrogens with one attached hydrogen (secondary N) is 1. The van der Waals surface area contributed by atoms with E-state index < -0.39 is 0 Å². The topological polar surface area (TPSA) is 18.5 Å². The first kappa shape index (κ1) is 16.3. The van der Waals surface area contributed by atoms with E-state index in [1.165, 1.54) is 36.2 Å². The Bertz CT molecular complexity index is 454. The maximum Gasteiger partial charge on any atom is 0.0369 e. The van der Waals surface area contributed by atoms with Gasteiger partial charge in [0.05, 0.1) is 0 Å². The van der Waals surface area contributed by atoms with Crippen molar-refractivity contribution < 1.29 is 0 Å². The van der Waals surface area contributed by atoms with Crippen molar-refractivity contribution in [1.29, 1.82) is 0 Å². The quantitative estimate of drug-likeness (QED) is 0.899. The number of likely N-dealkylation sites (N-methyl/N-ethyl adjacent to an activating group) is 1. The van der Waals surface area contributed by atoms with Crippen LogP contribution in [0, 0.1) is 6.92 Å². The van der Waals surface area contributed by atoms with E-state index in [1.807, 2.05) is 0 Å². The molecule has 0 radical (unpaired) electrons. The second-order valence-electron chi connectivity index (χ2n) is 6.85. The van der Waals surface area contributed by atoms with Crippen molar-refractivity contribution in [1.82, 2.24) is 10.2 Å². The van der Waals surface area contributed by atoms with Crippen LogP contribution in [0.4, 0.5) is 5.69 Å². The summed E-state index contributed by atoms with van der Waals surface area (Å²) in [4.78, 5) is 4.90. The third kappa shape index (κ3) is 4.45. The first-order valence-corrected chi connectivity index (χ1v) is 8.21. The minimum Gasteiger partial charge on any atom is -0.370 e. The Kier molecular flexibility index (Phi) is 5.65. The van der Waals surface area contributed by atoms with Gasteiger partial charge < -0.3 is 15.1 Å². The van der Waals surface area contributed by atoms with Gasteiger partial charge in [0.25, 0.3) is 0 Å². The van der Waals surface area contributed by atoms with Crippen LogP contribution in [0.25, 0.3) is 0 Å². The van der Waals surface area contributed by atoms with Crippen molar-refractivity contribution in [2.24, 2.45) is 0 Å². The molecular formula is C18H31N3. The maximum absolute atomic E-state index is 3.50. The average molecular weight is 289 g/mol. The Morgan fingerprint density at radius 3 is 2.71 bits per heavy atom. The van der Waals surface area contributed by atoms with Gasteiger partial charge in [-0.25, -0.2) is 0 Å². The molecule has 1 N–H and O–H groups in total. The van der Waals surface area contributed by atoms with Crippen LogP contribution in [0.1, 0.15) is 37.8 Å². The van der Waals surface area contributed by atoms with E-state index in [1.54, 1.807) is 0 Å². The fraction of sp³-hybridized carbons (Fsp3) is 0.667. The van der Waals surface area contributed by atoms with Crippen LogP contribution >= 0.6 is 0 Å². The van der Waals surface area contributed by atoms with Crippen LogP contribution in [0.2, 0.25) is 0 Å². The second kappa shape index (κ2) is 7.28. The predicted octanol–water partition coefficient (Wildman–Crippen LogP) is 3.02. The van der Waals surface area contributed by atoms with Crippen LogP contribution < -0.4 is 10.2 Å². The summed E-state index contributed by atoms with van der Waals surface area (Å²) in [6.07, 6.45) is 2.61. The third-order valence-electron chi connectivity index (χ3n) is 4.52. The van der Waals surface area contributed by atoms with Gasteiger partial charge in [-0.05, 0) is 57.1 Å². The number of hydrogen-bond donors (Lipinski definition) is 1. The zero-order valence-electron chi connectivity index (χ0n) is 14.3. The van der Waals surface area contributed by atoms with E-state index in [-0.39, 0.29) is 0 Å². The largest absolute Gasteiger partial charge is 0.370 e. The van der Waals surface area contributed by atoms with Gasteiger partial charge >= 0.3 is 0 Å². The molecule has 1 aliphatic rings. The van der Waals surface area contributed by atoms with E-state index in [0.29, 0.717) is 12.1 Å². The van der Waals surface area contributed by atoms with Crippen molar-refractivity contribution in [2.75, 3.05) is 32.1 Å². The lowest BCUT2D eigenvalue weighted by molar-refractivity contribution is 0.258. The highest BCUT2D eigenvalue weighted by molar-refractivity contribution is 5.51. The van der Waals surface area contributed by atoms with Crippen molar-refractivity contribution >= 4 is 5.69 Å². The van der Waals surface area contributed by atoms with Crippen molar-refractivity contribution in [3.05, 3.63) is 29.3 Å². The molecule has 1 fully saturated rings. The zero-order chi connectivity index (χ0) is 15.4. The van der Waals surface area contributed by atoms with Crippen molar-refractivity contribution in [2.45, 2.75) is 52.2 Å². The SMILES string of the molecule is Cc1cc(N2CCCC(N(C)C)C2)ccc1CNC(C)C. The van der Waals surface area contributed by atoms with Crippen molar-refractivity contribution in [3.8, 4) is 0 Å². The minimum absolute atomic E-state index is 0.534. The molecule has 0 saturated carbocycles. The van der Waals surface area contributed by atoms with E-state index in [9.17, 15) is 0 Å². The van der Waals surface area contributed by atoms with E-state index in [4.69, 9.17) is 0 Å². The molecular weight excluding hydrogens is 258 g/mol. The standard InChI is InChI=1S/C18H31N3/c1-14(2)19-12-16-8-9-17(11-15(16)3)21-10-6-7-18(13-21)20(4)5/h8-9,11,14,18-19H,6-7,10,12-13H2,1-5H3. The number of hydrogen-bond acceptors (Lipinski definition) is 3. The molecule has 21 heavy (non-hydrogen) atoms. The Labute approximate surface area is 130 Å². The highest BCUT2D eigenvalue weighted by atomic mass is 15.2. The monoisotopic (exact) mass is 289 g/mol. The molecule has 2 rings (SSSR count). The van der Waals surface area contributed by atoms with Gasteiger partial charge in [-0.3, -0.25) is 0 Å². The highest BCUT2D eigenvalue weighted by Crippen LogP contribution is 2.24. The predicted molar refractivity (Wildman–Crippen MR) is 92.1 cm³/mol. The summed E-state index contributed by atoms with van der Waals surface area (Å²) in [7, 11) is 4.39. The van der Waals surface area contributed by atoms with Crippen LogP contribution in [-0.2, 0) is 6.54 Å². The molecule has 3 heteroatoms. The van der Waals surface area contributed by atoms with E-state index >= 15 is 0 Å². The lowest BCUT2D eigenvalue weighted by Crippen LogP contribution is -2.45. The number of piperidine rings is 1. The van der Waals surface area contributed by atoms with Crippen molar-refractivity contribution in [3.63, 3.8) is 0 Å². The minimum atomic E-state index is 0.534. The van der Waals surface area contributed by atoms with Crippen LogP contribution in [-0.4, -0.2) is 44.2 Å². The molecule has 0 aromatic heterocycles. The molecule has 1 saturated heterocycles. The summed E-state index contributed by atoms with van der Waals surface area (Å²) in [5, 5.41) is 3.50. The Balaban J connectivity index is 2.05. The van der Waals surface area contributed by atoms with E-state index in [2.05, 4.69) is 68.2 Å². The smallest absolute Gasteiger partial charge is 0.0369 e. The van der Waals surface area contributed by atoms with Crippen LogP contribution in [0.15, 0.2) is 18.2 Å². The van der Waals surface area contributed by atoms with Crippen LogP contribution in [0.5, 0.6) is 0 Å². The normalized spacial score (nSPS) is 19.6. The molecule has 0 aliphatic carbocycles. The average Bonchev–Trinajstić information content (AvgIpc) is 2.46. The lowest BCUT2D eigenvalue weighted by Gasteiger charge is -2.37. The van der Waals surface area contributed by atoms with E-state index in [0.717, 1.165) is 13.1 Å². The molecule has 1 atom stereocenters. The summed E-state index contributed by atoms with van der Waals surface area (Å²) in [6, 6.07) is 8.16. The first-order chi connectivity index (χ1) is 9.97. The number of nitrogens with zero attached hydrogens (tertiary/aromatic N) is 2. The molecule has 0 bridgehead atoms. The molecule has 0 spiro atoms. The zero-order valence-corrected chi connectivity index (χ0v) is 14.3. The summed E-state index contributed by atoms with van der Waals surface area (Å²) in [5.74, 6) is 0. The molecule has 1 aromatic carbocycles. The molecule has 3 nitrogen and oxygen atoms in total. The Hall–Kier alpha value is -1.06.